The fraction of sp³-hybridized carbons (Fsp3) is 0.474. The first-order valence-corrected chi connectivity index (χ1v) is 9.35. The van der Waals surface area contributed by atoms with E-state index in [1.54, 1.807) is 13.1 Å². The molecule has 2 rings (SSSR count). The quantitative estimate of drug-likeness (QED) is 0.658. The molecule has 0 aliphatic rings. The van der Waals surface area contributed by atoms with Crippen LogP contribution >= 0.6 is 11.6 Å². The monoisotopic (exact) mass is 378 g/mol. The summed E-state index contributed by atoms with van der Waals surface area (Å²) in [4.78, 5) is 25.0. The van der Waals surface area contributed by atoms with Gasteiger partial charge in [0.1, 0.15) is 0 Å². The van der Waals surface area contributed by atoms with Crippen LogP contribution in [0.5, 0.6) is 0 Å². The molecule has 1 heterocycles. The number of hydrogen-bond donors (Lipinski definition) is 3. The number of aromatic amines is 1. The zero-order chi connectivity index (χ0) is 19.3. The van der Waals surface area contributed by atoms with E-state index in [2.05, 4.69) is 22.7 Å². The van der Waals surface area contributed by atoms with Gasteiger partial charge in [0.25, 0.3) is 11.5 Å². The lowest BCUT2D eigenvalue weighted by molar-refractivity contribution is 0.0950. The molecular weight excluding hydrogens is 352 g/mol. The Kier molecular flexibility index (Phi) is 6.91. The Morgan fingerprint density at radius 1 is 1.31 bits per heavy atom. The first kappa shape index (κ1) is 20.1. The maximum Gasteiger partial charge on any atom is 0.271 e. The molecule has 7 heteroatoms. The Morgan fingerprint density at radius 3 is 2.69 bits per heavy atom. The van der Waals surface area contributed by atoms with Crippen molar-refractivity contribution < 1.29 is 4.79 Å². The number of carbonyl (C=O) groups is 1. The normalized spacial score (nSPS) is 10.8. The number of unbranched alkanes of at least 4 members (excludes halogenated alkanes) is 1. The molecule has 0 saturated heterocycles. The maximum absolute atomic E-state index is 12.7. The van der Waals surface area contributed by atoms with Crippen molar-refractivity contribution in [3.63, 3.8) is 0 Å². The van der Waals surface area contributed by atoms with Crippen molar-refractivity contribution in [2.24, 2.45) is 7.05 Å². The molecule has 0 spiro atoms. The largest absolute Gasteiger partial charge is 0.385 e. The van der Waals surface area contributed by atoms with E-state index in [1.807, 2.05) is 19.9 Å². The van der Waals surface area contributed by atoms with Crippen molar-refractivity contribution in [1.82, 2.24) is 15.1 Å². The van der Waals surface area contributed by atoms with Crippen LogP contribution in [0.1, 0.15) is 53.9 Å². The molecule has 1 aromatic carbocycles. The lowest BCUT2D eigenvalue weighted by Gasteiger charge is -2.13. The van der Waals surface area contributed by atoms with Crippen LogP contribution in [0.15, 0.2) is 16.9 Å². The third-order valence-electron chi connectivity index (χ3n) is 4.42. The fourth-order valence-corrected chi connectivity index (χ4v) is 3.17. The summed E-state index contributed by atoms with van der Waals surface area (Å²) in [6.45, 7) is 6.90. The van der Waals surface area contributed by atoms with Gasteiger partial charge in [-0.3, -0.25) is 19.4 Å². The topological polar surface area (TPSA) is 78.9 Å². The highest BCUT2D eigenvalue weighted by molar-refractivity contribution is 6.31. The van der Waals surface area contributed by atoms with Crippen molar-refractivity contribution in [3.8, 4) is 0 Å². The third kappa shape index (κ3) is 4.49. The van der Waals surface area contributed by atoms with Crippen LogP contribution in [0.25, 0.3) is 0 Å². The Morgan fingerprint density at radius 2 is 2.04 bits per heavy atom. The molecule has 6 nitrogen and oxygen atoms in total. The number of hydrogen-bond acceptors (Lipinski definition) is 3. The number of aryl methyl sites for hydroxylation is 2. The zero-order valence-corrected chi connectivity index (χ0v) is 16.6. The Balaban J connectivity index is 2.21. The average molecular weight is 379 g/mol. The van der Waals surface area contributed by atoms with E-state index >= 15 is 0 Å². The maximum atomic E-state index is 12.7. The van der Waals surface area contributed by atoms with E-state index in [1.165, 1.54) is 4.68 Å². The predicted molar refractivity (Wildman–Crippen MR) is 106 cm³/mol. The van der Waals surface area contributed by atoms with Gasteiger partial charge in [0.15, 0.2) is 0 Å². The predicted octanol–water partition coefficient (Wildman–Crippen LogP) is 3.38. The summed E-state index contributed by atoms with van der Waals surface area (Å²) in [7, 11) is 1.69. The summed E-state index contributed by atoms with van der Waals surface area (Å²) in [6, 6.07) is 3.46. The minimum Gasteiger partial charge on any atom is -0.385 e. The number of rotatable bonds is 8. The number of halogens is 1. The van der Waals surface area contributed by atoms with E-state index in [9.17, 15) is 9.59 Å². The molecule has 2 aromatic rings. The molecule has 1 aromatic heterocycles. The molecule has 0 saturated carbocycles. The van der Waals surface area contributed by atoms with Crippen LogP contribution in [-0.2, 0) is 20.0 Å². The average Bonchev–Trinajstić information content (AvgIpc) is 2.88. The second kappa shape index (κ2) is 8.94. The summed E-state index contributed by atoms with van der Waals surface area (Å²) in [6.07, 6.45) is 2.82. The molecule has 0 bridgehead atoms. The van der Waals surface area contributed by atoms with E-state index < -0.39 is 0 Å². The SMILES string of the molecule is CCCCc1[nH]n(C)c(=O)c1CNC(=O)c1cc(Cl)cc(NCC)c1C. The fourth-order valence-electron chi connectivity index (χ4n) is 2.95. The van der Waals surface area contributed by atoms with Crippen molar-refractivity contribution in [1.29, 1.82) is 0 Å². The van der Waals surface area contributed by atoms with Gasteiger partial charge in [0.05, 0.1) is 12.1 Å². The zero-order valence-electron chi connectivity index (χ0n) is 15.8. The Labute approximate surface area is 158 Å². The summed E-state index contributed by atoms with van der Waals surface area (Å²) in [5.41, 5.74) is 3.58. The first-order valence-electron chi connectivity index (χ1n) is 8.97. The van der Waals surface area contributed by atoms with Crippen LogP contribution in [0.3, 0.4) is 0 Å². The molecule has 0 radical (unpaired) electrons. The van der Waals surface area contributed by atoms with Crippen molar-refractivity contribution in [3.05, 3.63) is 49.9 Å². The highest BCUT2D eigenvalue weighted by atomic mass is 35.5. The number of nitrogens with zero attached hydrogens (tertiary/aromatic N) is 1. The smallest absolute Gasteiger partial charge is 0.271 e. The van der Waals surface area contributed by atoms with E-state index in [0.717, 1.165) is 42.8 Å². The molecule has 3 N–H and O–H groups in total. The van der Waals surface area contributed by atoms with Gasteiger partial charge in [-0.05, 0) is 44.4 Å². The van der Waals surface area contributed by atoms with Gasteiger partial charge < -0.3 is 10.6 Å². The summed E-state index contributed by atoms with van der Waals surface area (Å²) in [5, 5.41) is 9.65. The molecule has 0 unspecified atom stereocenters. The summed E-state index contributed by atoms with van der Waals surface area (Å²) >= 11 is 6.15. The number of H-pyrrole nitrogens is 1. The lowest BCUT2D eigenvalue weighted by Crippen LogP contribution is -2.27. The molecule has 1 amide bonds. The molecule has 0 aliphatic heterocycles. The Bertz CT molecular complexity index is 839. The van der Waals surface area contributed by atoms with Crippen LogP contribution in [0.4, 0.5) is 5.69 Å². The molecule has 0 aliphatic carbocycles. The van der Waals surface area contributed by atoms with Gasteiger partial charge in [-0.2, -0.15) is 0 Å². The van der Waals surface area contributed by atoms with Crippen LogP contribution < -0.4 is 16.2 Å². The van der Waals surface area contributed by atoms with Crippen LogP contribution in [0.2, 0.25) is 5.02 Å². The van der Waals surface area contributed by atoms with E-state index in [4.69, 9.17) is 11.6 Å². The Hall–Kier alpha value is -2.21. The highest BCUT2D eigenvalue weighted by Crippen LogP contribution is 2.25. The van der Waals surface area contributed by atoms with Crippen LogP contribution in [-0.4, -0.2) is 22.2 Å². The summed E-state index contributed by atoms with van der Waals surface area (Å²) < 4.78 is 1.46. The molecule has 0 fully saturated rings. The lowest BCUT2D eigenvalue weighted by atomic mass is 10.1. The number of aromatic nitrogens is 2. The van der Waals surface area contributed by atoms with Gasteiger partial charge in [0, 0.05) is 35.6 Å². The number of carbonyl (C=O) groups excluding carboxylic acids is 1. The second-order valence-electron chi connectivity index (χ2n) is 6.38. The van der Waals surface area contributed by atoms with Crippen LogP contribution in [0, 0.1) is 6.92 Å². The second-order valence-corrected chi connectivity index (χ2v) is 6.81. The minimum absolute atomic E-state index is 0.104. The molecule has 26 heavy (non-hydrogen) atoms. The minimum atomic E-state index is -0.242. The van der Waals surface area contributed by atoms with Gasteiger partial charge in [-0.25, -0.2) is 0 Å². The number of amides is 1. The van der Waals surface area contributed by atoms with Crippen molar-refractivity contribution >= 4 is 23.2 Å². The van der Waals surface area contributed by atoms with E-state index in [-0.39, 0.29) is 18.0 Å². The number of benzene rings is 1. The molecule has 0 atom stereocenters. The molecular formula is C19H27ClN4O2. The molecule has 142 valence electrons. The standard InChI is InChI=1S/C19H27ClN4O2/c1-5-7-8-16-15(19(26)24(4)23-16)11-22-18(25)14-9-13(20)10-17(12(14)3)21-6-2/h9-10,21,23H,5-8,11H2,1-4H3,(H,22,25). The van der Waals surface area contributed by atoms with Gasteiger partial charge in [-0.15, -0.1) is 0 Å². The van der Waals surface area contributed by atoms with Crippen molar-refractivity contribution in [2.45, 2.75) is 46.6 Å². The number of nitrogens with one attached hydrogen (secondary N) is 3. The van der Waals surface area contributed by atoms with Gasteiger partial charge in [-0.1, -0.05) is 24.9 Å². The summed E-state index contributed by atoms with van der Waals surface area (Å²) in [5.74, 6) is -0.242. The van der Waals surface area contributed by atoms with E-state index in [0.29, 0.717) is 16.1 Å². The highest BCUT2D eigenvalue weighted by Gasteiger charge is 2.16. The van der Waals surface area contributed by atoms with Gasteiger partial charge >= 0.3 is 0 Å². The number of anilines is 1. The van der Waals surface area contributed by atoms with Gasteiger partial charge in [0.2, 0.25) is 0 Å². The first-order chi connectivity index (χ1) is 12.4. The third-order valence-corrected chi connectivity index (χ3v) is 4.64. The van der Waals surface area contributed by atoms with Crippen molar-refractivity contribution in [2.75, 3.05) is 11.9 Å².